The Balaban J connectivity index is 1.35. The van der Waals surface area contributed by atoms with Gasteiger partial charge in [-0.1, -0.05) is 6.07 Å². The molecule has 0 atom stereocenters. The summed E-state index contributed by atoms with van der Waals surface area (Å²) in [4.78, 5) is 18.4. The van der Waals surface area contributed by atoms with Crippen LogP contribution in [0.2, 0.25) is 0 Å². The second-order valence-electron chi connectivity index (χ2n) is 6.51. The predicted molar refractivity (Wildman–Crippen MR) is 105 cm³/mol. The van der Waals surface area contributed by atoms with Crippen LogP contribution >= 0.6 is 11.3 Å². The molecule has 8 nitrogen and oxygen atoms in total. The van der Waals surface area contributed by atoms with Crippen LogP contribution in [0.25, 0.3) is 5.69 Å². The molecule has 0 aliphatic carbocycles. The number of nitrogens with one attached hydrogen (secondary N) is 1. The molecule has 3 aromatic rings. The maximum atomic E-state index is 12.7. The van der Waals surface area contributed by atoms with Gasteiger partial charge < -0.3 is 4.90 Å². The lowest BCUT2D eigenvalue weighted by Crippen LogP contribution is -2.46. The van der Waals surface area contributed by atoms with Crippen molar-refractivity contribution < 1.29 is 13.2 Å². The van der Waals surface area contributed by atoms with Crippen molar-refractivity contribution in [2.75, 3.05) is 13.1 Å². The van der Waals surface area contributed by atoms with Crippen molar-refractivity contribution in [1.82, 2.24) is 24.4 Å². The molecule has 10 heteroatoms. The van der Waals surface area contributed by atoms with E-state index in [2.05, 4.69) is 14.8 Å². The molecule has 3 heterocycles. The molecule has 1 aromatic carbocycles. The van der Waals surface area contributed by atoms with Crippen LogP contribution in [0.3, 0.4) is 0 Å². The highest BCUT2D eigenvalue weighted by molar-refractivity contribution is 7.91. The monoisotopic (exact) mass is 417 g/mol. The summed E-state index contributed by atoms with van der Waals surface area (Å²) in [6.07, 6.45) is 4.23. The smallest absolute Gasteiger partial charge is 0.253 e. The van der Waals surface area contributed by atoms with Crippen molar-refractivity contribution in [3.8, 4) is 5.69 Å². The van der Waals surface area contributed by atoms with Gasteiger partial charge in [0.25, 0.3) is 5.91 Å². The molecule has 1 aliphatic rings. The highest BCUT2D eigenvalue weighted by atomic mass is 32.2. The van der Waals surface area contributed by atoms with Crippen LogP contribution in [-0.2, 0) is 10.0 Å². The minimum Gasteiger partial charge on any atom is -0.339 e. The maximum absolute atomic E-state index is 12.7. The third-order valence-electron chi connectivity index (χ3n) is 4.66. The average Bonchev–Trinajstić information content (AvgIpc) is 3.42. The molecule has 1 saturated heterocycles. The summed E-state index contributed by atoms with van der Waals surface area (Å²) in [5.41, 5.74) is 1.43. The van der Waals surface area contributed by atoms with Crippen LogP contribution in [0.15, 0.2) is 58.6 Å². The van der Waals surface area contributed by atoms with Crippen LogP contribution in [0, 0.1) is 0 Å². The van der Waals surface area contributed by atoms with Crippen molar-refractivity contribution >= 4 is 27.3 Å². The summed E-state index contributed by atoms with van der Waals surface area (Å²) in [6.45, 7) is 1.03. The van der Waals surface area contributed by atoms with Crippen molar-refractivity contribution in [1.29, 1.82) is 0 Å². The summed E-state index contributed by atoms with van der Waals surface area (Å²) >= 11 is 1.20. The van der Waals surface area contributed by atoms with Crippen LogP contribution in [-0.4, -0.2) is 53.1 Å². The molecule has 0 unspecified atom stereocenters. The Kier molecular flexibility index (Phi) is 5.25. The first kappa shape index (κ1) is 18.8. The minimum absolute atomic E-state index is 0.0512. The molecule has 0 bridgehead atoms. The summed E-state index contributed by atoms with van der Waals surface area (Å²) < 4.78 is 29.4. The molecule has 1 fully saturated rings. The lowest BCUT2D eigenvalue weighted by molar-refractivity contribution is 0.0711. The molecule has 146 valence electrons. The van der Waals surface area contributed by atoms with E-state index in [0.29, 0.717) is 35.7 Å². The third kappa shape index (κ3) is 3.98. The van der Waals surface area contributed by atoms with Gasteiger partial charge in [0.05, 0.1) is 5.69 Å². The standard InChI is InChI=1S/C18H19N5O3S2/c24-18(14-3-5-16(6-4-14)23-13-19-12-20-23)22-9-7-15(8-10-22)21-28(25,26)17-2-1-11-27-17/h1-6,11-13,15,21H,7-10H2. The third-order valence-corrected chi connectivity index (χ3v) is 7.58. The van der Waals surface area contributed by atoms with Crippen molar-refractivity contribution in [3.63, 3.8) is 0 Å². The number of sulfonamides is 1. The number of thiophene rings is 1. The first-order valence-electron chi connectivity index (χ1n) is 8.83. The molecule has 0 saturated carbocycles. The molecule has 1 N–H and O–H groups in total. The fourth-order valence-electron chi connectivity index (χ4n) is 3.18. The van der Waals surface area contributed by atoms with Crippen molar-refractivity contribution in [3.05, 3.63) is 60.0 Å². The molecule has 0 spiro atoms. The number of carbonyl (C=O) groups is 1. The first-order valence-corrected chi connectivity index (χ1v) is 11.2. The van der Waals surface area contributed by atoms with Crippen molar-refractivity contribution in [2.24, 2.45) is 0 Å². The highest BCUT2D eigenvalue weighted by Crippen LogP contribution is 2.20. The number of likely N-dealkylation sites (tertiary alicyclic amines) is 1. The number of carbonyl (C=O) groups excluding carboxylic acids is 1. The predicted octanol–water partition coefficient (Wildman–Crippen LogP) is 1.91. The summed E-state index contributed by atoms with van der Waals surface area (Å²) in [5, 5.41) is 5.80. The normalized spacial score (nSPS) is 15.6. The SMILES string of the molecule is O=C(c1ccc(-n2cncn2)cc1)N1CCC(NS(=O)(=O)c2cccs2)CC1. The van der Waals surface area contributed by atoms with Gasteiger partial charge in [0, 0.05) is 24.7 Å². The number of benzene rings is 1. The average molecular weight is 418 g/mol. The number of nitrogens with zero attached hydrogens (tertiary/aromatic N) is 4. The quantitative estimate of drug-likeness (QED) is 0.684. The lowest BCUT2D eigenvalue weighted by Gasteiger charge is -2.32. The molecular weight excluding hydrogens is 398 g/mol. The van der Waals surface area contributed by atoms with Crippen LogP contribution in [0.5, 0.6) is 0 Å². The Morgan fingerprint density at radius 1 is 1.14 bits per heavy atom. The number of amides is 1. The lowest BCUT2D eigenvalue weighted by atomic mass is 10.0. The second kappa shape index (κ2) is 7.82. The molecule has 2 aromatic heterocycles. The molecule has 0 radical (unpaired) electrons. The molecular formula is C18H19N5O3S2. The largest absolute Gasteiger partial charge is 0.339 e. The van der Waals surface area contributed by atoms with Gasteiger partial charge in [-0.05, 0) is 48.6 Å². The molecule has 1 amide bonds. The van der Waals surface area contributed by atoms with Gasteiger partial charge in [-0.15, -0.1) is 11.3 Å². The van der Waals surface area contributed by atoms with E-state index < -0.39 is 10.0 Å². The van der Waals surface area contributed by atoms with Crippen LogP contribution < -0.4 is 4.72 Å². The van der Waals surface area contributed by atoms with Gasteiger partial charge in [0.2, 0.25) is 10.0 Å². The van der Waals surface area contributed by atoms with Crippen LogP contribution in [0.1, 0.15) is 23.2 Å². The van der Waals surface area contributed by atoms with E-state index in [9.17, 15) is 13.2 Å². The maximum Gasteiger partial charge on any atom is 0.253 e. The summed E-state index contributed by atoms with van der Waals surface area (Å²) in [6, 6.07) is 10.3. The van der Waals surface area contributed by atoms with E-state index >= 15 is 0 Å². The van der Waals surface area contributed by atoms with E-state index in [1.165, 1.54) is 17.7 Å². The fraction of sp³-hybridized carbons (Fsp3) is 0.278. The van der Waals surface area contributed by atoms with E-state index in [4.69, 9.17) is 0 Å². The number of rotatable bonds is 5. The van der Waals surface area contributed by atoms with Gasteiger partial charge in [0.15, 0.2) is 0 Å². The Morgan fingerprint density at radius 2 is 1.89 bits per heavy atom. The fourth-order valence-corrected chi connectivity index (χ4v) is 5.49. The summed E-state index contributed by atoms with van der Waals surface area (Å²) in [5.74, 6) is -0.0512. The zero-order valence-corrected chi connectivity index (χ0v) is 16.6. The zero-order valence-electron chi connectivity index (χ0n) is 14.9. The van der Waals surface area contributed by atoms with Gasteiger partial charge in [-0.25, -0.2) is 22.8 Å². The van der Waals surface area contributed by atoms with Crippen LogP contribution in [0.4, 0.5) is 0 Å². The summed E-state index contributed by atoms with van der Waals surface area (Å²) in [7, 11) is -3.48. The number of hydrogen-bond acceptors (Lipinski definition) is 6. The van der Waals surface area contributed by atoms with Gasteiger partial charge in [0.1, 0.15) is 16.9 Å². The topological polar surface area (TPSA) is 97.2 Å². The number of hydrogen-bond donors (Lipinski definition) is 1. The Bertz CT molecular complexity index is 1020. The second-order valence-corrected chi connectivity index (χ2v) is 9.40. The van der Waals surface area contributed by atoms with E-state index in [1.807, 2.05) is 12.1 Å². The number of piperidine rings is 1. The Hall–Kier alpha value is -2.56. The zero-order chi connectivity index (χ0) is 19.6. The van der Waals surface area contributed by atoms with Crippen molar-refractivity contribution in [2.45, 2.75) is 23.1 Å². The molecule has 4 rings (SSSR count). The van der Waals surface area contributed by atoms with E-state index in [0.717, 1.165) is 5.69 Å². The highest BCUT2D eigenvalue weighted by Gasteiger charge is 2.27. The first-order chi connectivity index (χ1) is 13.5. The number of aromatic nitrogens is 3. The molecule has 28 heavy (non-hydrogen) atoms. The minimum atomic E-state index is -3.48. The van der Waals surface area contributed by atoms with Gasteiger partial charge >= 0.3 is 0 Å². The Morgan fingerprint density at radius 3 is 2.50 bits per heavy atom. The van der Waals surface area contributed by atoms with E-state index in [1.54, 1.807) is 45.6 Å². The molecule has 1 aliphatic heterocycles. The van der Waals surface area contributed by atoms with Gasteiger partial charge in [-0.2, -0.15) is 5.10 Å². The Labute approximate surface area is 166 Å². The van der Waals surface area contributed by atoms with Gasteiger partial charge in [-0.3, -0.25) is 4.79 Å². The van der Waals surface area contributed by atoms with E-state index in [-0.39, 0.29) is 11.9 Å².